The number of carbonyl (C=O) groups excluding carboxylic acids is 1. The number of hydrogen-bond donors (Lipinski definition) is 3. The van der Waals surface area contributed by atoms with E-state index < -0.39 is 16.9 Å². The molecule has 11 heteroatoms. The molecule has 0 spiro atoms. The van der Waals surface area contributed by atoms with Gasteiger partial charge in [-0.15, -0.1) is 0 Å². The highest BCUT2D eigenvalue weighted by molar-refractivity contribution is 5.85. The van der Waals surface area contributed by atoms with E-state index in [-0.39, 0.29) is 18.1 Å². The van der Waals surface area contributed by atoms with E-state index >= 15 is 0 Å². The molecule has 3 aromatic rings. The number of primary amides is 1. The van der Waals surface area contributed by atoms with Crippen molar-refractivity contribution in [2.75, 3.05) is 29.0 Å². The second-order valence-electron chi connectivity index (χ2n) is 8.38. The summed E-state index contributed by atoms with van der Waals surface area (Å²) in [7, 11) is 0. The molecule has 0 aliphatic heterocycles. The lowest BCUT2D eigenvalue weighted by molar-refractivity contribution is -0.384. The lowest BCUT2D eigenvalue weighted by atomic mass is 10.0. The van der Waals surface area contributed by atoms with E-state index in [1.54, 1.807) is 11.8 Å². The smallest absolute Gasteiger partial charge is 0.311 e. The summed E-state index contributed by atoms with van der Waals surface area (Å²) in [5, 5.41) is 23.6. The molecule has 0 aliphatic rings. The lowest BCUT2D eigenvalue weighted by Crippen LogP contribution is -2.39. The predicted octanol–water partition coefficient (Wildman–Crippen LogP) is 3.31. The van der Waals surface area contributed by atoms with Crippen LogP contribution >= 0.6 is 0 Å². The maximum atomic E-state index is 11.8. The number of nitrogens with zero attached hydrogens (tertiary/aromatic N) is 5. The Hall–Kier alpha value is -4.59. The Balaban J connectivity index is 1.79. The van der Waals surface area contributed by atoms with Gasteiger partial charge in [-0.3, -0.25) is 14.9 Å². The molecular formula is C25H30N8O3. The van der Waals surface area contributed by atoms with Gasteiger partial charge in [-0.05, 0) is 37.0 Å². The number of aryl methyl sites for hydroxylation is 2. The van der Waals surface area contributed by atoms with Crippen molar-refractivity contribution in [1.29, 1.82) is 5.26 Å². The number of anilines is 3. The van der Waals surface area contributed by atoms with E-state index in [4.69, 9.17) is 11.5 Å². The fraction of sp³-hybridized carbons (Fsp3) is 0.320. The molecule has 2 heterocycles. The minimum atomic E-state index is -0.572. The number of nitrogens with one attached hydrogen (secondary N) is 1. The maximum Gasteiger partial charge on any atom is 0.311 e. The van der Waals surface area contributed by atoms with Crippen LogP contribution in [0.25, 0.3) is 11.1 Å². The summed E-state index contributed by atoms with van der Waals surface area (Å²) in [6, 6.07) is 12.7. The number of nitrogens with two attached hydrogens (primary N) is 2. The number of benzene rings is 1. The summed E-state index contributed by atoms with van der Waals surface area (Å²) in [6.45, 7) is 4.94. The molecule has 1 atom stereocenters. The topological polar surface area (TPSA) is 169 Å². The number of rotatable bonds is 12. The van der Waals surface area contributed by atoms with E-state index in [0.717, 1.165) is 23.2 Å². The first-order valence-corrected chi connectivity index (χ1v) is 11.6. The Morgan fingerprint density at radius 2 is 2.00 bits per heavy atom. The van der Waals surface area contributed by atoms with Crippen LogP contribution in [-0.2, 0) is 17.8 Å². The fourth-order valence-corrected chi connectivity index (χ4v) is 3.86. The first-order valence-electron chi connectivity index (χ1n) is 11.6. The van der Waals surface area contributed by atoms with Crippen molar-refractivity contribution in [2.24, 2.45) is 5.73 Å². The number of amides is 1. The van der Waals surface area contributed by atoms with E-state index in [0.29, 0.717) is 25.3 Å². The van der Waals surface area contributed by atoms with Gasteiger partial charge >= 0.3 is 5.69 Å². The zero-order valence-corrected chi connectivity index (χ0v) is 20.3. The summed E-state index contributed by atoms with van der Waals surface area (Å²) in [5.74, 6) is -0.199. The second kappa shape index (κ2) is 11.7. The first-order chi connectivity index (χ1) is 17.2. The van der Waals surface area contributed by atoms with Gasteiger partial charge in [0.05, 0.1) is 23.2 Å². The highest BCUT2D eigenvalue weighted by atomic mass is 16.6. The number of nitriles is 1. The van der Waals surface area contributed by atoms with Crippen molar-refractivity contribution in [3.05, 3.63) is 64.5 Å². The average molecular weight is 491 g/mol. The normalized spacial score (nSPS) is 11.5. The van der Waals surface area contributed by atoms with Gasteiger partial charge in [-0.2, -0.15) is 5.26 Å². The molecule has 0 fully saturated rings. The average Bonchev–Trinajstić information content (AvgIpc) is 3.28. The van der Waals surface area contributed by atoms with Crippen LogP contribution in [-0.4, -0.2) is 39.5 Å². The van der Waals surface area contributed by atoms with Crippen molar-refractivity contribution in [3.8, 4) is 17.2 Å². The largest absolute Gasteiger partial charge is 0.378 e. The molecular weight excluding hydrogens is 460 g/mol. The quantitative estimate of drug-likeness (QED) is 0.197. The van der Waals surface area contributed by atoms with Crippen LogP contribution in [0.1, 0.15) is 25.8 Å². The van der Waals surface area contributed by atoms with Crippen LogP contribution < -0.4 is 21.7 Å². The zero-order valence-electron chi connectivity index (χ0n) is 20.3. The van der Waals surface area contributed by atoms with Gasteiger partial charge in [-0.1, -0.05) is 31.2 Å². The van der Waals surface area contributed by atoms with Gasteiger partial charge in [0.25, 0.3) is 0 Å². The third-order valence-corrected chi connectivity index (χ3v) is 5.82. The maximum absolute atomic E-state index is 11.8. The molecule has 1 unspecified atom stereocenters. The van der Waals surface area contributed by atoms with E-state index in [1.165, 1.54) is 17.7 Å². The molecule has 0 aliphatic carbocycles. The highest BCUT2D eigenvalue weighted by Gasteiger charge is 2.22. The Kier molecular flexibility index (Phi) is 8.46. The summed E-state index contributed by atoms with van der Waals surface area (Å²) < 4.78 is 2.01. The number of pyridine rings is 1. The van der Waals surface area contributed by atoms with Crippen LogP contribution in [0.3, 0.4) is 0 Å². The molecule has 0 saturated carbocycles. The summed E-state index contributed by atoms with van der Waals surface area (Å²) in [5.41, 5.74) is 14.8. The van der Waals surface area contributed by atoms with Crippen LogP contribution in [0.5, 0.6) is 0 Å². The lowest BCUT2D eigenvalue weighted by Gasteiger charge is -2.26. The zero-order chi connectivity index (χ0) is 26.2. The van der Waals surface area contributed by atoms with Gasteiger partial charge in [0.15, 0.2) is 0 Å². The number of hydrogen-bond acceptors (Lipinski definition) is 8. The third-order valence-electron chi connectivity index (χ3n) is 5.82. The number of carbonyl (C=O) groups is 1. The fourth-order valence-electron chi connectivity index (χ4n) is 3.86. The molecule has 11 nitrogen and oxygen atoms in total. The van der Waals surface area contributed by atoms with Crippen LogP contribution in [0.15, 0.2) is 48.8 Å². The second-order valence-corrected chi connectivity index (χ2v) is 8.38. The summed E-state index contributed by atoms with van der Waals surface area (Å²) >= 11 is 0. The van der Waals surface area contributed by atoms with Gasteiger partial charge < -0.3 is 26.3 Å². The van der Waals surface area contributed by atoms with E-state index in [9.17, 15) is 20.2 Å². The molecule has 36 heavy (non-hydrogen) atoms. The van der Waals surface area contributed by atoms with E-state index in [1.807, 2.05) is 29.1 Å². The molecule has 2 aromatic heterocycles. The standard InChI is InChI=1S/C25H30N8O3/c1-3-18-5-7-19(8-6-18)20-14-31(15-22(20)32(16-23(27)34)17(2)13-26)12-4-11-29-24-10-9-21(33(35)36)25(28)30-24/h5-10,14-15,17H,3-4,11-12,16H2,1-2H3,(H2,27,34)(H3,28,29,30). The molecule has 1 amide bonds. The van der Waals surface area contributed by atoms with Gasteiger partial charge in [0, 0.05) is 37.1 Å². The summed E-state index contributed by atoms with van der Waals surface area (Å²) in [6.07, 6.45) is 5.55. The van der Waals surface area contributed by atoms with Crippen LogP contribution in [0.4, 0.5) is 23.0 Å². The SMILES string of the molecule is CCc1ccc(-c2cn(CCCNc3ccc([N+](=O)[O-])c(N)n3)cc2N(CC(N)=O)C(C)C#N)cc1. The molecule has 0 saturated heterocycles. The summed E-state index contributed by atoms with van der Waals surface area (Å²) in [4.78, 5) is 27.8. The first kappa shape index (κ1) is 26.0. The Morgan fingerprint density at radius 3 is 2.58 bits per heavy atom. The molecule has 3 rings (SSSR count). The predicted molar refractivity (Wildman–Crippen MR) is 139 cm³/mol. The van der Waals surface area contributed by atoms with Crippen molar-refractivity contribution in [2.45, 2.75) is 39.3 Å². The molecule has 5 N–H and O–H groups in total. The van der Waals surface area contributed by atoms with Crippen molar-refractivity contribution < 1.29 is 9.72 Å². The van der Waals surface area contributed by atoms with Gasteiger partial charge in [-0.25, -0.2) is 4.98 Å². The van der Waals surface area contributed by atoms with E-state index in [2.05, 4.69) is 35.4 Å². The van der Waals surface area contributed by atoms with Gasteiger partial charge in [0.1, 0.15) is 11.9 Å². The molecule has 0 radical (unpaired) electrons. The van der Waals surface area contributed by atoms with Crippen molar-refractivity contribution in [1.82, 2.24) is 9.55 Å². The highest BCUT2D eigenvalue weighted by Crippen LogP contribution is 2.33. The Bertz CT molecular complexity index is 1260. The Morgan fingerprint density at radius 1 is 1.28 bits per heavy atom. The minimum Gasteiger partial charge on any atom is -0.378 e. The number of nitrogen functional groups attached to an aromatic ring is 1. The van der Waals surface area contributed by atoms with Crippen LogP contribution in [0, 0.1) is 21.4 Å². The number of aromatic nitrogens is 2. The van der Waals surface area contributed by atoms with Crippen molar-refractivity contribution in [3.63, 3.8) is 0 Å². The molecule has 1 aromatic carbocycles. The monoisotopic (exact) mass is 490 g/mol. The van der Waals surface area contributed by atoms with Gasteiger partial charge in [0.2, 0.25) is 11.7 Å². The number of nitro groups is 1. The van der Waals surface area contributed by atoms with Crippen LogP contribution in [0.2, 0.25) is 0 Å². The minimum absolute atomic E-state index is 0.0758. The molecule has 188 valence electrons. The third kappa shape index (κ3) is 6.29. The Labute approximate surface area is 209 Å². The van der Waals surface area contributed by atoms with Crippen molar-refractivity contribution >= 4 is 28.9 Å². The molecule has 0 bridgehead atoms.